The topological polar surface area (TPSA) is 40.9 Å². The second-order valence-corrected chi connectivity index (χ2v) is 2.83. The molecule has 0 saturated heterocycles. The standard InChI is InChI=1S/C6H8O.C2H3N/c7-6-4-1-2-5(6)3-4;1-2-3/h4-5H,1-3H2;1H3. The second-order valence-electron chi connectivity index (χ2n) is 2.83. The number of Topliss-reactive ketones (excluding diaryl/α,β-unsaturated/α-hetero) is 1. The summed E-state index contributed by atoms with van der Waals surface area (Å²) < 4.78 is 0. The summed E-state index contributed by atoms with van der Waals surface area (Å²) in [7, 11) is 0. The molecule has 0 radical (unpaired) electrons. The van der Waals surface area contributed by atoms with Crippen LogP contribution in [0.25, 0.3) is 0 Å². The van der Waals surface area contributed by atoms with Gasteiger partial charge >= 0.3 is 0 Å². The van der Waals surface area contributed by atoms with Crippen molar-refractivity contribution >= 4 is 5.78 Å². The van der Waals surface area contributed by atoms with Crippen LogP contribution in [-0.4, -0.2) is 5.78 Å². The Morgan fingerprint density at radius 3 is 2.00 bits per heavy atom. The van der Waals surface area contributed by atoms with Gasteiger partial charge in [0.1, 0.15) is 5.78 Å². The van der Waals surface area contributed by atoms with Crippen molar-refractivity contribution in [3.05, 3.63) is 0 Å². The fraction of sp³-hybridized carbons (Fsp3) is 0.750. The molecular weight excluding hydrogens is 126 g/mol. The van der Waals surface area contributed by atoms with E-state index in [-0.39, 0.29) is 0 Å². The third kappa shape index (κ3) is 1.04. The summed E-state index contributed by atoms with van der Waals surface area (Å²) >= 11 is 0. The zero-order valence-electron chi connectivity index (χ0n) is 6.13. The Morgan fingerprint density at radius 1 is 1.50 bits per heavy atom. The van der Waals surface area contributed by atoms with Crippen molar-refractivity contribution in [3.63, 3.8) is 0 Å². The molecule has 3 aliphatic rings. The lowest BCUT2D eigenvalue weighted by Crippen LogP contribution is -2.26. The van der Waals surface area contributed by atoms with Crippen LogP contribution in [0.4, 0.5) is 0 Å². The van der Waals surface area contributed by atoms with E-state index >= 15 is 0 Å². The molecule has 0 aromatic carbocycles. The Bertz CT molecular complexity index is 164. The Morgan fingerprint density at radius 2 is 1.90 bits per heavy atom. The molecule has 2 atom stereocenters. The predicted molar refractivity (Wildman–Crippen MR) is 37.1 cm³/mol. The van der Waals surface area contributed by atoms with E-state index in [0.717, 1.165) is 0 Å². The number of ketones is 1. The van der Waals surface area contributed by atoms with Crippen LogP contribution in [0.2, 0.25) is 0 Å². The van der Waals surface area contributed by atoms with Gasteiger partial charge in [-0.05, 0) is 19.3 Å². The average Bonchev–Trinajstić information content (AvgIpc) is 2.46. The van der Waals surface area contributed by atoms with Crippen LogP contribution in [0.3, 0.4) is 0 Å². The normalized spacial score (nSPS) is 33.4. The molecule has 2 heteroatoms. The van der Waals surface area contributed by atoms with Gasteiger partial charge in [-0.25, -0.2) is 0 Å². The molecule has 0 aliphatic heterocycles. The number of fused-ring (bicyclic) bond motifs is 1. The fourth-order valence-corrected chi connectivity index (χ4v) is 1.67. The van der Waals surface area contributed by atoms with Gasteiger partial charge in [0.15, 0.2) is 0 Å². The number of carbonyl (C=O) groups excluding carboxylic acids is 1. The average molecular weight is 137 g/mol. The van der Waals surface area contributed by atoms with Gasteiger partial charge in [0.2, 0.25) is 0 Å². The monoisotopic (exact) mass is 137 g/mol. The minimum atomic E-state index is 0.519. The van der Waals surface area contributed by atoms with Crippen LogP contribution >= 0.6 is 0 Å². The summed E-state index contributed by atoms with van der Waals surface area (Å²) in [5.41, 5.74) is 0. The molecule has 2 nitrogen and oxygen atoms in total. The van der Waals surface area contributed by atoms with Crippen LogP contribution in [0.1, 0.15) is 26.2 Å². The predicted octanol–water partition coefficient (Wildman–Crippen LogP) is 1.52. The number of carbonyl (C=O) groups is 1. The summed E-state index contributed by atoms with van der Waals surface area (Å²) in [5.74, 6) is 1.59. The van der Waals surface area contributed by atoms with Crippen molar-refractivity contribution in [2.75, 3.05) is 0 Å². The van der Waals surface area contributed by atoms with Crippen molar-refractivity contribution in [3.8, 4) is 6.07 Å². The molecule has 0 aromatic rings. The number of rotatable bonds is 0. The van der Waals surface area contributed by atoms with Crippen molar-refractivity contribution in [2.24, 2.45) is 11.8 Å². The molecular formula is C8H11NO. The van der Waals surface area contributed by atoms with Gasteiger partial charge in [0, 0.05) is 18.8 Å². The van der Waals surface area contributed by atoms with E-state index in [2.05, 4.69) is 0 Å². The van der Waals surface area contributed by atoms with Gasteiger partial charge in [-0.1, -0.05) is 0 Å². The molecule has 3 saturated carbocycles. The van der Waals surface area contributed by atoms with Gasteiger partial charge in [-0.15, -0.1) is 0 Å². The molecule has 3 fully saturated rings. The molecule has 54 valence electrons. The molecule has 0 heterocycles. The van der Waals surface area contributed by atoms with E-state index in [0.29, 0.717) is 17.6 Å². The quantitative estimate of drug-likeness (QED) is 0.507. The third-order valence-electron chi connectivity index (χ3n) is 2.24. The molecule has 2 unspecified atom stereocenters. The molecule has 0 spiro atoms. The Labute approximate surface area is 60.8 Å². The summed E-state index contributed by atoms with van der Waals surface area (Å²) in [5, 5.41) is 7.32. The van der Waals surface area contributed by atoms with Crippen molar-refractivity contribution < 1.29 is 4.79 Å². The molecule has 3 aliphatic carbocycles. The lowest BCUT2D eigenvalue weighted by atomic mass is 9.83. The number of hydrogen-bond acceptors (Lipinski definition) is 2. The lowest BCUT2D eigenvalue weighted by molar-refractivity contribution is -0.130. The van der Waals surface area contributed by atoms with Crippen LogP contribution < -0.4 is 0 Å². The highest BCUT2D eigenvalue weighted by molar-refractivity contribution is 5.90. The second kappa shape index (κ2) is 2.83. The minimum Gasteiger partial charge on any atom is -0.299 e. The molecule has 2 bridgehead atoms. The van der Waals surface area contributed by atoms with Gasteiger partial charge in [-0.2, -0.15) is 5.26 Å². The summed E-state index contributed by atoms with van der Waals surface area (Å²) in [6.45, 7) is 1.43. The van der Waals surface area contributed by atoms with E-state index < -0.39 is 0 Å². The van der Waals surface area contributed by atoms with Crippen molar-refractivity contribution in [1.29, 1.82) is 5.26 Å². The number of nitrogens with zero attached hydrogens (tertiary/aromatic N) is 1. The first-order valence-corrected chi connectivity index (χ1v) is 3.64. The first kappa shape index (κ1) is 7.27. The minimum absolute atomic E-state index is 0.519. The first-order valence-electron chi connectivity index (χ1n) is 3.64. The summed E-state index contributed by atoms with van der Waals surface area (Å²) in [6.07, 6.45) is 3.62. The van der Waals surface area contributed by atoms with Crippen LogP contribution in [-0.2, 0) is 4.79 Å². The molecule has 3 rings (SSSR count). The Kier molecular flexibility index (Phi) is 2.06. The smallest absolute Gasteiger partial charge is 0.139 e. The zero-order valence-corrected chi connectivity index (χ0v) is 6.13. The van der Waals surface area contributed by atoms with Gasteiger partial charge in [0.25, 0.3) is 0 Å². The fourth-order valence-electron chi connectivity index (χ4n) is 1.67. The van der Waals surface area contributed by atoms with Crippen LogP contribution in [0.5, 0.6) is 0 Å². The van der Waals surface area contributed by atoms with E-state index in [1.807, 2.05) is 0 Å². The molecule has 0 amide bonds. The lowest BCUT2D eigenvalue weighted by Gasteiger charge is -2.19. The zero-order chi connectivity index (χ0) is 7.56. The van der Waals surface area contributed by atoms with E-state index in [4.69, 9.17) is 5.26 Å². The van der Waals surface area contributed by atoms with Crippen LogP contribution in [0, 0.1) is 23.2 Å². The Balaban J connectivity index is 0.000000148. The van der Waals surface area contributed by atoms with E-state index in [9.17, 15) is 4.79 Å². The van der Waals surface area contributed by atoms with Crippen LogP contribution in [0.15, 0.2) is 0 Å². The van der Waals surface area contributed by atoms with Crippen molar-refractivity contribution in [2.45, 2.75) is 26.2 Å². The first-order chi connectivity index (χ1) is 4.79. The van der Waals surface area contributed by atoms with E-state index in [1.165, 1.54) is 26.2 Å². The summed E-state index contributed by atoms with van der Waals surface area (Å²) in [6, 6.07) is 1.75. The molecule has 0 aromatic heterocycles. The summed E-state index contributed by atoms with van der Waals surface area (Å²) in [4.78, 5) is 10.6. The highest BCUT2D eigenvalue weighted by Crippen LogP contribution is 2.44. The molecule has 10 heavy (non-hydrogen) atoms. The largest absolute Gasteiger partial charge is 0.299 e. The maximum Gasteiger partial charge on any atom is 0.139 e. The van der Waals surface area contributed by atoms with Gasteiger partial charge < -0.3 is 0 Å². The van der Waals surface area contributed by atoms with Gasteiger partial charge in [-0.3, -0.25) is 4.79 Å². The SMILES string of the molecule is CC#N.O=C1C2CCC1C2. The van der Waals surface area contributed by atoms with E-state index in [1.54, 1.807) is 6.07 Å². The van der Waals surface area contributed by atoms with Crippen molar-refractivity contribution in [1.82, 2.24) is 0 Å². The number of nitriles is 1. The number of hydrogen-bond donors (Lipinski definition) is 0. The molecule has 0 N–H and O–H groups in total. The maximum atomic E-state index is 10.6. The third-order valence-corrected chi connectivity index (χ3v) is 2.24. The van der Waals surface area contributed by atoms with Gasteiger partial charge in [0.05, 0.1) is 6.07 Å². The highest BCUT2D eigenvalue weighted by atomic mass is 16.1. The maximum absolute atomic E-state index is 10.6. The Hall–Kier alpha value is -0.840. The highest BCUT2D eigenvalue weighted by Gasteiger charge is 2.45.